The number of amides is 1. The molecule has 1 amide bonds. The van der Waals surface area contributed by atoms with Crippen molar-refractivity contribution in [2.75, 3.05) is 0 Å². The molecule has 4 heteroatoms. The molecule has 0 aliphatic heterocycles. The number of ketones is 1. The molecule has 0 aliphatic rings. The highest BCUT2D eigenvalue weighted by Gasteiger charge is 2.26. The van der Waals surface area contributed by atoms with Crippen molar-refractivity contribution in [1.29, 1.82) is 0 Å². The SMILES string of the molecule is CC(C)(C)C(=O)c1cccnc1C(N)=O. The van der Waals surface area contributed by atoms with Gasteiger partial charge < -0.3 is 5.73 Å². The largest absolute Gasteiger partial charge is 0.364 e. The molecule has 1 rings (SSSR count). The molecule has 15 heavy (non-hydrogen) atoms. The van der Waals surface area contributed by atoms with Gasteiger partial charge in [0.25, 0.3) is 5.91 Å². The summed E-state index contributed by atoms with van der Waals surface area (Å²) in [7, 11) is 0. The van der Waals surface area contributed by atoms with Crippen LogP contribution in [0.1, 0.15) is 41.6 Å². The number of carbonyl (C=O) groups excluding carboxylic acids is 2. The van der Waals surface area contributed by atoms with Crippen LogP contribution in [0, 0.1) is 5.41 Å². The van der Waals surface area contributed by atoms with Gasteiger partial charge >= 0.3 is 0 Å². The van der Waals surface area contributed by atoms with Crippen LogP contribution >= 0.6 is 0 Å². The van der Waals surface area contributed by atoms with E-state index in [1.807, 2.05) is 0 Å². The second-order valence-electron chi connectivity index (χ2n) is 4.34. The number of carbonyl (C=O) groups is 2. The molecule has 2 N–H and O–H groups in total. The molecule has 0 radical (unpaired) electrons. The van der Waals surface area contributed by atoms with Crippen LogP contribution in [0.25, 0.3) is 0 Å². The van der Waals surface area contributed by atoms with Crippen molar-refractivity contribution in [1.82, 2.24) is 4.98 Å². The second-order valence-corrected chi connectivity index (χ2v) is 4.34. The number of nitrogens with zero attached hydrogens (tertiary/aromatic N) is 1. The van der Waals surface area contributed by atoms with Crippen LogP contribution < -0.4 is 5.73 Å². The van der Waals surface area contributed by atoms with E-state index in [0.717, 1.165) is 0 Å². The summed E-state index contributed by atoms with van der Waals surface area (Å²) in [4.78, 5) is 26.8. The van der Waals surface area contributed by atoms with E-state index in [-0.39, 0.29) is 17.0 Å². The fourth-order valence-corrected chi connectivity index (χ4v) is 1.19. The molecule has 0 spiro atoms. The second kappa shape index (κ2) is 3.81. The highest BCUT2D eigenvalue weighted by molar-refractivity contribution is 6.08. The van der Waals surface area contributed by atoms with Gasteiger partial charge in [-0.25, -0.2) is 0 Å². The third-order valence-corrected chi connectivity index (χ3v) is 1.97. The van der Waals surface area contributed by atoms with Crippen molar-refractivity contribution in [3.05, 3.63) is 29.6 Å². The zero-order chi connectivity index (χ0) is 11.6. The molecule has 1 heterocycles. The highest BCUT2D eigenvalue weighted by Crippen LogP contribution is 2.21. The van der Waals surface area contributed by atoms with Crippen LogP contribution in [0.5, 0.6) is 0 Å². The minimum absolute atomic E-state index is 0.0393. The number of nitrogens with two attached hydrogens (primary N) is 1. The van der Waals surface area contributed by atoms with E-state index in [9.17, 15) is 9.59 Å². The van der Waals surface area contributed by atoms with Gasteiger partial charge in [0.15, 0.2) is 5.78 Å². The van der Waals surface area contributed by atoms with Gasteiger partial charge in [0.1, 0.15) is 5.69 Å². The van der Waals surface area contributed by atoms with Crippen LogP contribution in [0.2, 0.25) is 0 Å². The third kappa shape index (κ3) is 2.40. The van der Waals surface area contributed by atoms with Crippen LogP contribution in [0.4, 0.5) is 0 Å². The van der Waals surface area contributed by atoms with E-state index < -0.39 is 11.3 Å². The summed E-state index contributed by atoms with van der Waals surface area (Å²) >= 11 is 0. The first-order valence-electron chi connectivity index (χ1n) is 4.63. The van der Waals surface area contributed by atoms with E-state index >= 15 is 0 Å². The Hall–Kier alpha value is -1.71. The molecular formula is C11H14N2O2. The Bertz CT molecular complexity index is 405. The smallest absolute Gasteiger partial charge is 0.268 e. The van der Waals surface area contributed by atoms with E-state index in [1.165, 1.54) is 6.20 Å². The fourth-order valence-electron chi connectivity index (χ4n) is 1.19. The Morgan fingerprint density at radius 2 is 1.93 bits per heavy atom. The van der Waals surface area contributed by atoms with E-state index in [1.54, 1.807) is 32.9 Å². The van der Waals surface area contributed by atoms with Gasteiger partial charge in [-0.3, -0.25) is 14.6 Å². The number of rotatable bonds is 2. The molecule has 0 unspecified atom stereocenters. The maximum Gasteiger partial charge on any atom is 0.268 e. The lowest BCUT2D eigenvalue weighted by molar-refractivity contribution is 0.0849. The number of hydrogen-bond donors (Lipinski definition) is 1. The normalized spacial score (nSPS) is 11.1. The first kappa shape index (κ1) is 11.4. The molecule has 4 nitrogen and oxygen atoms in total. The van der Waals surface area contributed by atoms with Crippen molar-refractivity contribution in [3.63, 3.8) is 0 Å². The summed E-state index contributed by atoms with van der Waals surface area (Å²) < 4.78 is 0. The number of Topliss-reactive ketones (excluding diaryl/α,β-unsaturated/α-hetero) is 1. The molecule has 1 aromatic heterocycles. The predicted octanol–water partition coefficient (Wildman–Crippen LogP) is 1.41. The lowest BCUT2D eigenvalue weighted by Gasteiger charge is -2.17. The minimum Gasteiger partial charge on any atom is -0.364 e. The van der Waals surface area contributed by atoms with Crippen molar-refractivity contribution >= 4 is 11.7 Å². The van der Waals surface area contributed by atoms with Gasteiger partial charge in [-0.1, -0.05) is 20.8 Å². The van der Waals surface area contributed by atoms with Gasteiger partial charge in [0.05, 0.1) is 0 Å². The van der Waals surface area contributed by atoms with Gasteiger partial charge in [0.2, 0.25) is 0 Å². The zero-order valence-electron chi connectivity index (χ0n) is 9.07. The monoisotopic (exact) mass is 206 g/mol. The molecule has 0 aliphatic carbocycles. The first-order valence-corrected chi connectivity index (χ1v) is 4.63. The summed E-state index contributed by atoms with van der Waals surface area (Å²) in [5.74, 6) is -0.812. The Labute approximate surface area is 88.5 Å². The molecule has 0 bridgehead atoms. The quantitative estimate of drug-likeness (QED) is 0.743. The summed E-state index contributed by atoms with van der Waals surface area (Å²) in [6.07, 6.45) is 1.44. The van der Waals surface area contributed by atoms with Crippen molar-refractivity contribution in [3.8, 4) is 0 Å². The van der Waals surface area contributed by atoms with Gasteiger partial charge in [-0.15, -0.1) is 0 Å². The number of pyridine rings is 1. The van der Waals surface area contributed by atoms with E-state index in [4.69, 9.17) is 5.73 Å². The molecule has 0 saturated carbocycles. The topological polar surface area (TPSA) is 73.1 Å². The van der Waals surface area contributed by atoms with Crippen LogP contribution in [0.3, 0.4) is 0 Å². The minimum atomic E-state index is -0.678. The maximum absolute atomic E-state index is 11.9. The third-order valence-electron chi connectivity index (χ3n) is 1.97. The first-order chi connectivity index (χ1) is 6.84. The Morgan fingerprint density at radius 3 is 2.40 bits per heavy atom. The van der Waals surface area contributed by atoms with Crippen molar-refractivity contribution in [2.24, 2.45) is 11.1 Å². The molecule has 0 aromatic carbocycles. The molecular weight excluding hydrogens is 192 g/mol. The lowest BCUT2D eigenvalue weighted by Crippen LogP contribution is -2.25. The summed E-state index contributed by atoms with van der Waals surface area (Å²) in [6, 6.07) is 3.19. The lowest BCUT2D eigenvalue weighted by atomic mass is 9.86. The molecule has 1 aromatic rings. The number of primary amides is 1. The molecule has 0 atom stereocenters. The molecule has 0 fully saturated rings. The van der Waals surface area contributed by atoms with Crippen LogP contribution in [0.15, 0.2) is 18.3 Å². The van der Waals surface area contributed by atoms with Crippen LogP contribution in [-0.4, -0.2) is 16.7 Å². The molecule has 80 valence electrons. The Morgan fingerprint density at radius 1 is 1.33 bits per heavy atom. The van der Waals surface area contributed by atoms with Crippen LogP contribution in [-0.2, 0) is 0 Å². The summed E-state index contributed by atoms with van der Waals surface area (Å²) in [6.45, 7) is 5.35. The van der Waals surface area contributed by atoms with Crippen molar-refractivity contribution in [2.45, 2.75) is 20.8 Å². The Balaban J connectivity index is 3.26. The number of hydrogen-bond acceptors (Lipinski definition) is 3. The van der Waals surface area contributed by atoms with Gasteiger partial charge in [0, 0.05) is 17.2 Å². The fraction of sp³-hybridized carbons (Fsp3) is 0.364. The van der Waals surface area contributed by atoms with E-state index in [0.29, 0.717) is 0 Å². The van der Waals surface area contributed by atoms with Gasteiger partial charge in [-0.2, -0.15) is 0 Å². The molecule has 0 saturated heterocycles. The predicted molar refractivity (Wildman–Crippen MR) is 56.5 cm³/mol. The highest BCUT2D eigenvalue weighted by atomic mass is 16.1. The van der Waals surface area contributed by atoms with E-state index in [2.05, 4.69) is 4.98 Å². The average molecular weight is 206 g/mol. The number of aromatic nitrogens is 1. The standard InChI is InChI=1S/C11H14N2O2/c1-11(2,3)9(14)7-5-4-6-13-8(7)10(12)15/h4-6H,1-3H3,(H2,12,15). The zero-order valence-corrected chi connectivity index (χ0v) is 9.07. The Kier molecular flexibility index (Phi) is 2.88. The maximum atomic E-state index is 11.9. The summed E-state index contributed by atoms with van der Waals surface area (Å²) in [5, 5.41) is 0. The average Bonchev–Trinajstić information content (AvgIpc) is 2.15. The van der Waals surface area contributed by atoms with Crippen molar-refractivity contribution < 1.29 is 9.59 Å². The summed E-state index contributed by atoms with van der Waals surface area (Å²) in [5.41, 5.74) is 4.92. The van der Waals surface area contributed by atoms with Gasteiger partial charge in [-0.05, 0) is 12.1 Å².